The fourth-order valence-electron chi connectivity index (χ4n) is 3.17. The molecule has 20 heavy (non-hydrogen) atoms. The Balaban J connectivity index is 1.59. The second-order valence-electron chi connectivity index (χ2n) is 5.89. The van der Waals surface area contributed by atoms with Gasteiger partial charge in [0.25, 0.3) is 0 Å². The predicted octanol–water partition coefficient (Wildman–Crippen LogP) is 1.81. The molecule has 3 rings (SSSR count). The number of methoxy groups -OCH3 is 1. The van der Waals surface area contributed by atoms with E-state index in [1.165, 1.54) is 24.0 Å². The monoisotopic (exact) mass is 276 g/mol. The summed E-state index contributed by atoms with van der Waals surface area (Å²) < 4.78 is 11.2. The van der Waals surface area contributed by atoms with E-state index in [0.29, 0.717) is 5.92 Å². The molecule has 0 spiro atoms. The number of hydrazine groups is 1. The van der Waals surface area contributed by atoms with Crippen molar-refractivity contribution in [2.24, 2.45) is 11.8 Å². The highest BCUT2D eigenvalue weighted by atomic mass is 16.5. The largest absolute Gasteiger partial charge is 0.493 e. The topological polar surface area (TPSA) is 56.5 Å². The predicted molar refractivity (Wildman–Crippen MR) is 78.6 cm³/mol. The first kappa shape index (κ1) is 13.9. The highest BCUT2D eigenvalue weighted by molar-refractivity contribution is 5.39. The Morgan fingerprint density at radius 2 is 2.30 bits per heavy atom. The third-order valence-corrected chi connectivity index (χ3v) is 4.47. The van der Waals surface area contributed by atoms with Crippen LogP contribution in [0, 0.1) is 5.92 Å². The zero-order valence-corrected chi connectivity index (χ0v) is 12.1. The van der Waals surface area contributed by atoms with E-state index in [1.54, 1.807) is 7.11 Å². The van der Waals surface area contributed by atoms with Crippen molar-refractivity contribution in [3.63, 3.8) is 0 Å². The van der Waals surface area contributed by atoms with Gasteiger partial charge >= 0.3 is 0 Å². The Kier molecular flexibility index (Phi) is 4.24. The molecule has 1 saturated carbocycles. The van der Waals surface area contributed by atoms with E-state index < -0.39 is 0 Å². The van der Waals surface area contributed by atoms with Gasteiger partial charge in [-0.2, -0.15) is 0 Å². The molecule has 4 heteroatoms. The van der Waals surface area contributed by atoms with Crippen LogP contribution in [0.4, 0.5) is 0 Å². The summed E-state index contributed by atoms with van der Waals surface area (Å²) in [6.07, 6.45) is 5.85. The summed E-state index contributed by atoms with van der Waals surface area (Å²) in [7, 11) is 1.79. The van der Waals surface area contributed by atoms with Crippen molar-refractivity contribution < 1.29 is 9.47 Å². The van der Waals surface area contributed by atoms with Crippen LogP contribution in [0.5, 0.6) is 5.75 Å². The quantitative estimate of drug-likeness (QED) is 0.589. The molecule has 1 aromatic rings. The molecule has 2 atom stereocenters. The van der Waals surface area contributed by atoms with Gasteiger partial charge in [-0.05, 0) is 48.8 Å². The van der Waals surface area contributed by atoms with Gasteiger partial charge in [0.05, 0.1) is 12.7 Å². The Morgan fingerprint density at radius 3 is 3.00 bits per heavy atom. The molecule has 0 bridgehead atoms. The maximum atomic E-state index is 5.72. The van der Waals surface area contributed by atoms with Crippen LogP contribution in [-0.2, 0) is 17.6 Å². The molecule has 2 unspecified atom stereocenters. The number of hydrogen-bond donors (Lipinski definition) is 2. The number of nitrogens with two attached hydrogens (primary N) is 1. The lowest BCUT2D eigenvalue weighted by Gasteiger charge is -2.25. The molecule has 1 aromatic carbocycles. The number of nitrogens with one attached hydrogen (secondary N) is 1. The zero-order valence-electron chi connectivity index (χ0n) is 12.1. The first-order valence-corrected chi connectivity index (χ1v) is 7.55. The van der Waals surface area contributed by atoms with Gasteiger partial charge in [-0.15, -0.1) is 0 Å². The summed E-state index contributed by atoms with van der Waals surface area (Å²) in [5, 5.41) is 0. The Labute approximate surface area is 120 Å². The number of ether oxygens (including phenoxy) is 2. The molecule has 1 fully saturated rings. The van der Waals surface area contributed by atoms with Crippen LogP contribution in [0.2, 0.25) is 0 Å². The van der Waals surface area contributed by atoms with Gasteiger partial charge in [-0.3, -0.25) is 11.3 Å². The van der Waals surface area contributed by atoms with E-state index in [4.69, 9.17) is 15.3 Å². The second-order valence-corrected chi connectivity index (χ2v) is 5.89. The minimum atomic E-state index is 0.233. The first-order chi connectivity index (χ1) is 9.81. The minimum absolute atomic E-state index is 0.233. The molecular weight excluding hydrogens is 252 g/mol. The Hall–Kier alpha value is -1.10. The molecule has 0 radical (unpaired) electrons. The maximum absolute atomic E-state index is 5.72. The molecule has 4 nitrogen and oxygen atoms in total. The summed E-state index contributed by atoms with van der Waals surface area (Å²) in [5.41, 5.74) is 5.65. The van der Waals surface area contributed by atoms with E-state index in [-0.39, 0.29) is 12.1 Å². The fourth-order valence-corrected chi connectivity index (χ4v) is 3.17. The van der Waals surface area contributed by atoms with Crippen molar-refractivity contribution in [2.75, 3.05) is 13.7 Å². The Morgan fingerprint density at radius 1 is 1.45 bits per heavy atom. The number of rotatable bonds is 7. The highest BCUT2D eigenvalue weighted by Gasteiger charge is 2.36. The Bertz CT molecular complexity index is 460. The smallest absolute Gasteiger partial charge is 0.122 e. The standard InChI is InChI=1S/C16H24N2O2/c1-19-16(12-4-5-12)14(18-17)6-2-11-3-7-15-13(10-11)8-9-20-15/h3,7,10,12,14,16,18H,2,4-6,8-9,17H2,1H3. The van der Waals surface area contributed by atoms with Crippen molar-refractivity contribution >= 4 is 0 Å². The third-order valence-electron chi connectivity index (χ3n) is 4.47. The molecule has 0 saturated heterocycles. The van der Waals surface area contributed by atoms with Crippen LogP contribution in [0.25, 0.3) is 0 Å². The minimum Gasteiger partial charge on any atom is -0.493 e. The van der Waals surface area contributed by atoms with Crippen LogP contribution >= 0.6 is 0 Å². The molecule has 3 N–H and O–H groups in total. The van der Waals surface area contributed by atoms with Crippen molar-refractivity contribution in [3.05, 3.63) is 29.3 Å². The zero-order chi connectivity index (χ0) is 13.9. The average Bonchev–Trinajstić information content (AvgIpc) is 3.20. The molecule has 110 valence electrons. The first-order valence-electron chi connectivity index (χ1n) is 7.55. The lowest BCUT2D eigenvalue weighted by Crippen LogP contribution is -2.46. The summed E-state index contributed by atoms with van der Waals surface area (Å²) in [6, 6.07) is 6.76. The number of hydrogen-bond acceptors (Lipinski definition) is 4. The number of aryl methyl sites for hydroxylation is 1. The molecule has 0 amide bonds. The van der Waals surface area contributed by atoms with Gasteiger partial charge in [0.1, 0.15) is 5.75 Å². The fraction of sp³-hybridized carbons (Fsp3) is 0.625. The molecular formula is C16H24N2O2. The molecule has 1 heterocycles. The lowest BCUT2D eigenvalue weighted by molar-refractivity contribution is 0.0485. The van der Waals surface area contributed by atoms with Gasteiger partial charge in [-0.25, -0.2) is 0 Å². The van der Waals surface area contributed by atoms with E-state index in [9.17, 15) is 0 Å². The molecule has 1 aliphatic carbocycles. The van der Waals surface area contributed by atoms with Crippen LogP contribution in [0.3, 0.4) is 0 Å². The van der Waals surface area contributed by atoms with Gasteiger partial charge in [0.2, 0.25) is 0 Å². The normalized spacial score (nSPS) is 20.3. The van der Waals surface area contributed by atoms with Crippen molar-refractivity contribution in [1.29, 1.82) is 0 Å². The van der Waals surface area contributed by atoms with E-state index >= 15 is 0 Å². The van der Waals surface area contributed by atoms with Crippen LogP contribution < -0.4 is 16.0 Å². The number of benzene rings is 1. The second kappa shape index (κ2) is 6.12. The van der Waals surface area contributed by atoms with Crippen molar-refractivity contribution in [1.82, 2.24) is 5.43 Å². The molecule has 2 aliphatic rings. The van der Waals surface area contributed by atoms with Gasteiger partial charge in [0.15, 0.2) is 0 Å². The van der Waals surface area contributed by atoms with Crippen molar-refractivity contribution in [3.8, 4) is 5.75 Å². The van der Waals surface area contributed by atoms with Crippen LogP contribution in [0.1, 0.15) is 30.4 Å². The average molecular weight is 276 g/mol. The number of fused-ring (bicyclic) bond motifs is 1. The maximum Gasteiger partial charge on any atom is 0.122 e. The molecule has 0 aromatic heterocycles. The SMILES string of the molecule is COC(C1CC1)C(CCc1ccc2c(c1)CCO2)NN. The van der Waals surface area contributed by atoms with Crippen LogP contribution in [-0.4, -0.2) is 25.9 Å². The van der Waals surface area contributed by atoms with Crippen molar-refractivity contribution in [2.45, 2.75) is 44.2 Å². The molecule has 1 aliphatic heterocycles. The summed E-state index contributed by atoms with van der Waals surface area (Å²) in [4.78, 5) is 0. The van der Waals surface area contributed by atoms with Gasteiger partial charge < -0.3 is 9.47 Å². The van der Waals surface area contributed by atoms with Gasteiger partial charge in [0, 0.05) is 19.6 Å². The van der Waals surface area contributed by atoms with Gasteiger partial charge in [-0.1, -0.05) is 12.1 Å². The van der Waals surface area contributed by atoms with E-state index in [0.717, 1.165) is 31.6 Å². The lowest BCUT2D eigenvalue weighted by atomic mass is 9.97. The summed E-state index contributed by atoms with van der Waals surface area (Å²) >= 11 is 0. The summed E-state index contributed by atoms with van der Waals surface area (Å²) in [6.45, 7) is 0.819. The van der Waals surface area contributed by atoms with E-state index in [2.05, 4.69) is 23.6 Å². The third kappa shape index (κ3) is 2.97. The summed E-state index contributed by atoms with van der Waals surface area (Å²) in [5.74, 6) is 7.46. The highest BCUT2D eigenvalue weighted by Crippen LogP contribution is 2.36. The van der Waals surface area contributed by atoms with Crippen LogP contribution in [0.15, 0.2) is 18.2 Å². The van der Waals surface area contributed by atoms with E-state index in [1.807, 2.05) is 0 Å².